The van der Waals surface area contributed by atoms with Gasteiger partial charge in [0.05, 0.1) is 11.4 Å². The first kappa shape index (κ1) is 17.5. The Labute approximate surface area is 158 Å². The van der Waals surface area contributed by atoms with Gasteiger partial charge < -0.3 is 5.11 Å². The molecule has 3 nitrogen and oxygen atoms in total. The van der Waals surface area contributed by atoms with E-state index in [0.29, 0.717) is 24.0 Å². The maximum absolute atomic E-state index is 13.1. The summed E-state index contributed by atoms with van der Waals surface area (Å²) in [5.74, 6) is 1.15. The van der Waals surface area contributed by atoms with Crippen LogP contribution in [0.3, 0.4) is 0 Å². The van der Waals surface area contributed by atoms with E-state index < -0.39 is 0 Å². The van der Waals surface area contributed by atoms with E-state index in [9.17, 15) is 9.90 Å². The molecule has 6 atom stereocenters. The maximum atomic E-state index is 13.1. The fraction of sp³-hybridized carbons (Fsp3) is 0.600. The van der Waals surface area contributed by atoms with Crippen LogP contribution < -0.4 is 0 Å². The van der Waals surface area contributed by atoms with Gasteiger partial charge in [-0.2, -0.15) is 0 Å². The summed E-state index contributed by atoms with van der Waals surface area (Å²) in [5.41, 5.74) is 2.47. The van der Waals surface area contributed by atoms with E-state index in [2.05, 4.69) is 0 Å². The van der Waals surface area contributed by atoms with Gasteiger partial charge in [0.1, 0.15) is 0 Å². The van der Waals surface area contributed by atoms with Crippen molar-refractivity contribution in [3.05, 3.63) is 29.8 Å². The molecule has 0 spiro atoms. The van der Waals surface area contributed by atoms with Gasteiger partial charge in [-0.1, -0.05) is 18.2 Å². The van der Waals surface area contributed by atoms with Gasteiger partial charge in [0.2, 0.25) is 0 Å². The smallest absolute Gasteiger partial charge is 0.180 e. The average Bonchev–Trinajstić information content (AvgIpc) is 2.83. The molecule has 0 heterocycles. The lowest BCUT2D eigenvalue weighted by Crippen LogP contribution is -2.40. The monoisotopic (exact) mass is 379 g/mol. The molecule has 4 rings (SSSR count). The lowest BCUT2D eigenvalue weighted by Gasteiger charge is -2.42. The van der Waals surface area contributed by atoms with Crippen molar-refractivity contribution < 1.29 is 9.90 Å². The highest BCUT2D eigenvalue weighted by Crippen LogP contribution is 2.54. The van der Waals surface area contributed by atoms with Crippen molar-refractivity contribution in [1.82, 2.24) is 0 Å². The zero-order valence-electron chi connectivity index (χ0n) is 14.1. The van der Waals surface area contributed by atoms with Gasteiger partial charge in [-0.15, -0.1) is 23.2 Å². The summed E-state index contributed by atoms with van der Waals surface area (Å²) < 4.78 is 0. The predicted octanol–water partition coefficient (Wildman–Crippen LogP) is 4.14. The molecular formula is C20H23Cl2NO2. The summed E-state index contributed by atoms with van der Waals surface area (Å²) in [6.07, 6.45) is 4.07. The van der Waals surface area contributed by atoms with E-state index in [1.54, 1.807) is 0 Å². The van der Waals surface area contributed by atoms with E-state index in [1.807, 2.05) is 24.3 Å². The van der Waals surface area contributed by atoms with Crippen molar-refractivity contribution in [3.63, 3.8) is 0 Å². The van der Waals surface area contributed by atoms with E-state index >= 15 is 0 Å². The summed E-state index contributed by atoms with van der Waals surface area (Å²) >= 11 is 13.0. The Balaban J connectivity index is 1.74. The van der Waals surface area contributed by atoms with E-state index in [4.69, 9.17) is 28.2 Å². The number of aliphatic imine (C=N–C) groups is 1. The molecule has 1 aromatic carbocycles. The lowest BCUT2D eigenvalue weighted by atomic mass is 9.64. The SMILES string of the molecule is O=C1C(=Nc2ccccc2CCO)C2CC(Cl)CC3CC(Cl)CC1C32. The second kappa shape index (κ2) is 7.02. The van der Waals surface area contributed by atoms with Crippen LogP contribution in [0.25, 0.3) is 0 Å². The lowest BCUT2D eigenvalue weighted by molar-refractivity contribution is -0.118. The van der Waals surface area contributed by atoms with Crippen molar-refractivity contribution in [2.45, 2.75) is 42.9 Å². The van der Waals surface area contributed by atoms with Gasteiger partial charge in [0.15, 0.2) is 5.78 Å². The third-order valence-corrected chi connectivity index (χ3v) is 6.88. The minimum atomic E-state index is 0.0131. The van der Waals surface area contributed by atoms with E-state index in [-0.39, 0.29) is 35.0 Å². The summed E-state index contributed by atoms with van der Waals surface area (Å²) in [7, 11) is 0. The molecule has 0 radical (unpaired) electrons. The molecule has 5 heteroatoms. The molecule has 0 amide bonds. The molecule has 1 aromatic rings. The Hall–Kier alpha value is -0.900. The zero-order valence-corrected chi connectivity index (χ0v) is 15.6. The zero-order chi connectivity index (χ0) is 17.6. The summed E-state index contributed by atoms with van der Waals surface area (Å²) in [6, 6.07) is 7.75. The minimum Gasteiger partial charge on any atom is -0.396 e. The van der Waals surface area contributed by atoms with Gasteiger partial charge in [0.25, 0.3) is 0 Å². The van der Waals surface area contributed by atoms with E-state index in [0.717, 1.165) is 36.9 Å². The number of aliphatic hydroxyl groups excluding tert-OH is 1. The quantitative estimate of drug-likeness (QED) is 0.802. The normalized spacial score (nSPS) is 38.8. The summed E-state index contributed by atoms with van der Waals surface area (Å²) in [4.78, 5) is 17.9. The number of aliphatic hydroxyl groups is 1. The fourth-order valence-electron chi connectivity index (χ4n) is 5.23. The Morgan fingerprint density at radius 3 is 2.44 bits per heavy atom. The molecule has 3 aliphatic rings. The number of benzene rings is 1. The molecule has 25 heavy (non-hydrogen) atoms. The number of rotatable bonds is 3. The molecule has 6 unspecified atom stereocenters. The highest BCUT2D eigenvalue weighted by atomic mass is 35.5. The number of halogens is 2. The summed E-state index contributed by atoms with van der Waals surface area (Å²) in [5, 5.41) is 9.45. The molecule has 0 aliphatic heterocycles. The average molecular weight is 380 g/mol. The van der Waals surface area contributed by atoms with Crippen LogP contribution in [0.5, 0.6) is 0 Å². The topological polar surface area (TPSA) is 49.7 Å². The van der Waals surface area contributed by atoms with Gasteiger partial charge in [0, 0.05) is 29.2 Å². The van der Waals surface area contributed by atoms with Gasteiger partial charge >= 0.3 is 0 Å². The number of carbonyl (C=O) groups is 1. The van der Waals surface area contributed by atoms with Crippen LogP contribution in [-0.4, -0.2) is 34.0 Å². The molecule has 3 aliphatic carbocycles. The first-order valence-electron chi connectivity index (χ1n) is 9.18. The first-order chi connectivity index (χ1) is 12.1. The van der Waals surface area contributed by atoms with Crippen LogP contribution >= 0.6 is 23.2 Å². The number of ketones is 1. The maximum Gasteiger partial charge on any atom is 0.180 e. The van der Waals surface area contributed by atoms with Crippen LogP contribution in [0, 0.1) is 23.7 Å². The number of nitrogens with zero attached hydrogens (tertiary/aromatic N) is 1. The molecule has 1 N–H and O–H groups in total. The second-order valence-corrected chi connectivity index (χ2v) is 8.89. The Kier molecular flexibility index (Phi) is 4.91. The highest BCUT2D eigenvalue weighted by molar-refractivity contribution is 6.44. The van der Waals surface area contributed by atoms with Crippen molar-refractivity contribution in [2.24, 2.45) is 28.7 Å². The van der Waals surface area contributed by atoms with Crippen LogP contribution in [0.4, 0.5) is 5.69 Å². The van der Waals surface area contributed by atoms with Crippen molar-refractivity contribution >= 4 is 40.4 Å². The number of alkyl halides is 2. The Bertz CT molecular complexity index is 703. The molecule has 134 valence electrons. The third kappa shape index (κ3) is 3.15. The van der Waals surface area contributed by atoms with Crippen LogP contribution in [-0.2, 0) is 11.2 Å². The number of carbonyl (C=O) groups excluding carboxylic acids is 1. The highest BCUT2D eigenvalue weighted by Gasteiger charge is 2.56. The number of Topliss-reactive ketones (excluding diaryl/α,β-unsaturated/α-hetero) is 1. The molecule has 3 fully saturated rings. The molecule has 3 saturated carbocycles. The summed E-state index contributed by atoms with van der Waals surface area (Å²) in [6.45, 7) is 0.0737. The van der Waals surface area contributed by atoms with Crippen molar-refractivity contribution in [1.29, 1.82) is 0 Å². The minimum absolute atomic E-state index is 0.0131. The molecular weight excluding hydrogens is 357 g/mol. The van der Waals surface area contributed by atoms with Crippen LogP contribution in [0.2, 0.25) is 0 Å². The first-order valence-corrected chi connectivity index (χ1v) is 10.1. The Morgan fingerprint density at radius 2 is 1.72 bits per heavy atom. The fourth-order valence-corrected chi connectivity index (χ4v) is 6.07. The van der Waals surface area contributed by atoms with Crippen molar-refractivity contribution in [3.8, 4) is 0 Å². The number of para-hydroxylation sites is 1. The van der Waals surface area contributed by atoms with Gasteiger partial charge in [-0.05, 0) is 55.6 Å². The van der Waals surface area contributed by atoms with Gasteiger partial charge in [-0.3, -0.25) is 4.79 Å². The third-order valence-electron chi connectivity index (χ3n) is 6.16. The number of hydrogen-bond acceptors (Lipinski definition) is 3. The van der Waals surface area contributed by atoms with Crippen molar-refractivity contribution in [2.75, 3.05) is 6.61 Å². The molecule has 0 aromatic heterocycles. The molecule has 0 bridgehead atoms. The standard InChI is InChI=1S/C20H23Cl2NO2/c21-13-7-12-8-14(22)10-16-18(12)15(9-13)19(20(16)25)23-17-4-2-1-3-11(17)5-6-24/h1-4,12-16,18,24H,5-10H2. The van der Waals surface area contributed by atoms with Crippen LogP contribution in [0.1, 0.15) is 31.2 Å². The second-order valence-electron chi connectivity index (χ2n) is 7.65. The molecule has 0 saturated heterocycles. The largest absolute Gasteiger partial charge is 0.396 e. The van der Waals surface area contributed by atoms with Crippen LogP contribution in [0.15, 0.2) is 29.3 Å². The predicted molar refractivity (Wildman–Crippen MR) is 101 cm³/mol. The Morgan fingerprint density at radius 1 is 1.04 bits per heavy atom. The number of hydrogen-bond donors (Lipinski definition) is 1. The van der Waals surface area contributed by atoms with E-state index in [1.165, 1.54) is 0 Å². The van der Waals surface area contributed by atoms with Gasteiger partial charge in [-0.25, -0.2) is 4.99 Å².